The van der Waals surface area contributed by atoms with Crippen LogP contribution in [0, 0.1) is 6.92 Å². The number of thioether (sulfide) groups is 1. The Morgan fingerprint density at radius 1 is 1.30 bits per heavy atom. The third kappa shape index (κ3) is 4.25. The van der Waals surface area contributed by atoms with E-state index in [0.717, 1.165) is 34.5 Å². The number of benzene rings is 1. The highest BCUT2D eigenvalue weighted by molar-refractivity contribution is 8.00. The maximum Gasteiger partial charge on any atom is 0.260 e. The fourth-order valence-corrected chi connectivity index (χ4v) is 4.67. The molecule has 7 heteroatoms. The molecule has 0 fully saturated rings. The molecule has 1 atom stereocenters. The van der Waals surface area contributed by atoms with Crippen LogP contribution in [0.5, 0.6) is 0 Å². The van der Waals surface area contributed by atoms with E-state index in [1.807, 2.05) is 38.1 Å². The van der Waals surface area contributed by atoms with Gasteiger partial charge in [0.05, 0.1) is 10.6 Å². The molecule has 0 saturated heterocycles. The van der Waals surface area contributed by atoms with Crippen molar-refractivity contribution in [3.63, 3.8) is 0 Å². The van der Waals surface area contributed by atoms with Crippen molar-refractivity contribution in [1.82, 2.24) is 9.97 Å². The van der Waals surface area contributed by atoms with Crippen molar-refractivity contribution in [3.8, 4) is 0 Å². The van der Waals surface area contributed by atoms with E-state index in [9.17, 15) is 9.59 Å². The maximum absolute atomic E-state index is 12.8. The monoisotopic (exact) mass is 401 g/mol. The predicted molar refractivity (Wildman–Crippen MR) is 114 cm³/mol. The van der Waals surface area contributed by atoms with Gasteiger partial charge in [0, 0.05) is 10.6 Å². The number of hydrogen-bond donors (Lipinski definition) is 2. The van der Waals surface area contributed by atoms with E-state index in [4.69, 9.17) is 0 Å². The minimum Gasteiger partial charge on any atom is -0.325 e. The highest BCUT2D eigenvalue weighted by Crippen LogP contribution is 2.27. The van der Waals surface area contributed by atoms with Gasteiger partial charge in [0.15, 0.2) is 5.16 Å². The summed E-state index contributed by atoms with van der Waals surface area (Å²) < 4.78 is 0. The smallest absolute Gasteiger partial charge is 0.260 e. The van der Waals surface area contributed by atoms with Gasteiger partial charge in [-0.05, 0) is 43.9 Å². The summed E-state index contributed by atoms with van der Waals surface area (Å²) in [5.41, 5.74) is 3.00. The number of nitrogens with one attached hydrogen (secondary N) is 2. The van der Waals surface area contributed by atoms with Crippen molar-refractivity contribution in [3.05, 3.63) is 50.6 Å². The Morgan fingerprint density at radius 3 is 2.59 bits per heavy atom. The van der Waals surface area contributed by atoms with Gasteiger partial charge in [-0.25, -0.2) is 4.98 Å². The number of aromatic nitrogens is 2. The van der Waals surface area contributed by atoms with Gasteiger partial charge < -0.3 is 10.3 Å². The average Bonchev–Trinajstić information content (AvgIpc) is 3.02. The molecular weight excluding hydrogens is 378 g/mol. The van der Waals surface area contributed by atoms with Gasteiger partial charge in [-0.1, -0.05) is 43.8 Å². The number of hydrogen-bond acceptors (Lipinski definition) is 5. The number of aromatic amines is 1. The van der Waals surface area contributed by atoms with Gasteiger partial charge in [0.2, 0.25) is 5.91 Å². The van der Waals surface area contributed by atoms with Crippen molar-refractivity contribution in [2.75, 3.05) is 5.32 Å². The first-order valence-corrected chi connectivity index (χ1v) is 10.7. The van der Waals surface area contributed by atoms with Crippen molar-refractivity contribution in [2.24, 2.45) is 0 Å². The molecule has 1 unspecified atom stereocenters. The van der Waals surface area contributed by atoms with Gasteiger partial charge in [0.25, 0.3) is 5.56 Å². The molecule has 0 radical (unpaired) electrons. The first-order valence-electron chi connectivity index (χ1n) is 9.01. The van der Waals surface area contributed by atoms with Gasteiger partial charge in [0.1, 0.15) is 4.83 Å². The number of amides is 1. The second-order valence-corrected chi connectivity index (χ2v) is 8.92. The maximum atomic E-state index is 12.8. The van der Waals surface area contributed by atoms with Crippen LogP contribution in [-0.2, 0) is 17.6 Å². The molecule has 0 saturated carbocycles. The van der Waals surface area contributed by atoms with E-state index in [2.05, 4.69) is 29.1 Å². The molecular formula is C20H23N3O2S2. The molecule has 3 aromatic rings. The molecule has 1 amide bonds. The summed E-state index contributed by atoms with van der Waals surface area (Å²) in [6.45, 7) is 7.93. The van der Waals surface area contributed by atoms with Gasteiger partial charge in [-0.15, -0.1) is 11.3 Å². The summed E-state index contributed by atoms with van der Waals surface area (Å²) in [6.07, 6.45) is 1.71. The van der Waals surface area contributed by atoms with Gasteiger partial charge in [-0.3, -0.25) is 9.59 Å². The number of H-pyrrole nitrogens is 1. The van der Waals surface area contributed by atoms with Crippen LogP contribution < -0.4 is 10.9 Å². The fourth-order valence-electron chi connectivity index (χ4n) is 2.94. The van der Waals surface area contributed by atoms with Crippen LogP contribution in [0.3, 0.4) is 0 Å². The molecule has 142 valence electrons. The zero-order chi connectivity index (χ0) is 19.6. The number of aryl methyl sites for hydroxylation is 3. The van der Waals surface area contributed by atoms with Crippen molar-refractivity contribution < 1.29 is 4.79 Å². The van der Waals surface area contributed by atoms with Gasteiger partial charge in [-0.2, -0.15) is 0 Å². The van der Waals surface area contributed by atoms with E-state index >= 15 is 0 Å². The number of carbonyl (C=O) groups is 1. The molecule has 1 aromatic carbocycles. The molecule has 2 aromatic heterocycles. The normalized spacial score (nSPS) is 12.3. The number of rotatable bonds is 6. The second kappa shape index (κ2) is 8.27. The lowest BCUT2D eigenvalue weighted by Crippen LogP contribution is -2.24. The first-order chi connectivity index (χ1) is 12.9. The van der Waals surface area contributed by atoms with Crippen molar-refractivity contribution >= 4 is 44.9 Å². The Labute approximate surface area is 166 Å². The van der Waals surface area contributed by atoms with Crippen LogP contribution in [-0.4, -0.2) is 21.1 Å². The third-order valence-electron chi connectivity index (χ3n) is 4.41. The van der Waals surface area contributed by atoms with Crippen LogP contribution >= 0.6 is 23.1 Å². The molecule has 0 aliphatic carbocycles. The Hall–Kier alpha value is -2.12. The second-order valence-electron chi connectivity index (χ2n) is 6.35. The standard InChI is InChI=1S/C20H23N3O2S2/c1-5-13-8-7-9-14(6-2)16(13)21-17(24)12(4)27-20-22-18(25)15-10-11(3)26-19(15)23-20/h7-10,12H,5-6H2,1-4H3,(H,21,24)(H,22,23,25). The Morgan fingerprint density at radius 2 is 1.96 bits per heavy atom. The zero-order valence-electron chi connectivity index (χ0n) is 15.9. The largest absolute Gasteiger partial charge is 0.325 e. The lowest BCUT2D eigenvalue weighted by atomic mass is 10.0. The quantitative estimate of drug-likeness (QED) is 0.470. The van der Waals surface area contributed by atoms with Crippen molar-refractivity contribution in [2.45, 2.75) is 50.9 Å². The minimum atomic E-state index is -0.388. The zero-order valence-corrected chi connectivity index (χ0v) is 17.5. The van der Waals surface area contributed by atoms with Crippen molar-refractivity contribution in [1.29, 1.82) is 0 Å². The Kier molecular flexibility index (Phi) is 6.01. The van der Waals surface area contributed by atoms with E-state index in [-0.39, 0.29) is 16.7 Å². The molecule has 5 nitrogen and oxygen atoms in total. The van der Waals surface area contributed by atoms with Crippen LogP contribution in [0.15, 0.2) is 34.2 Å². The lowest BCUT2D eigenvalue weighted by molar-refractivity contribution is -0.115. The summed E-state index contributed by atoms with van der Waals surface area (Å²) >= 11 is 2.75. The number of nitrogens with zero attached hydrogens (tertiary/aromatic N) is 1. The van der Waals surface area contributed by atoms with Crippen LogP contribution in [0.2, 0.25) is 0 Å². The first kappa shape index (κ1) is 19.6. The summed E-state index contributed by atoms with van der Waals surface area (Å²) in [4.78, 5) is 34.0. The molecule has 2 heterocycles. The number of carbonyl (C=O) groups excluding carboxylic acids is 1. The molecule has 0 spiro atoms. The fraction of sp³-hybridized carbons (Fsp3) is 0.350. The molecule has 27 heavy (non-hydrogen) atoms. The summed E-state index contributed by atoms with van der Waals surface area (Å²) in [5, 5.41) is 3.76. The van der Waals surface area contributed by atoms with E-state index in [1.165, 1.54) is 23.1 Å². The minimum absolute atomic E-state index is 0.0966. The van der Waals surface area contributed by atoms with Gasteiger partial charge >= 0.3 is 0 Å². The van der Waals surface area contributed by atoms with E-state index < -0.39 is 0 Å². The number of thiophene rings is 1. The number of para-hydroxylation sites is 1. The summed E-state index contributed by atoms with van der Waals surface area (Å²) in [7, 11) is 0. The highest BCUT2D eigenvalue weighted by Gasteiger charge is 2.19. The molecule has 0 bridgehead atoms. The Balaban J connectivity index is 1.80. The Bertz CT molecular complexity index is 1020. The number of fused-ring (bicyclic) bond motifs is 1. The SMILES string of the molecule is CCc1cccc(CC)c1NC(=O)C(C)Sc1nc2sc(C)cc2c(=O)[nH]1. The van der Waals surface area contributed by atoms with E-state index in [1.54, 1.807) is 0 Å². The molecule has 0 aliphatic rings. The molecule has 0 aliphatic heterocycles. The highest BCUT2D eigenvalue weighted by atomic mass is 32.2. The van der Waals surface area contributed by atoms with Crippen LogP contribution in [0.25, 0.3) is 10.2 Å². The lowest BCUT2D eigenvalue weighted by Gasteiger charge is -2.17. The third-order valence-corrected chi connectivity index (χ3v) is 6.34. The van der Waals surface area contributed by atoms with E-state index in [0.29, 0.717) is 15.4 Å². The van der Waals surface area contributed by atoms with Crippen LogP contribution in [0.1, 0.15) is 36.8 Å². The summed E-state index contributed by atoms with van der Waals surface area (Å²) in [5.74, 6) is -0.0966. The average molecular weight is 402 g/mol. The topological polar surface area (TPSA) is 74.8 Å². The number of anilines is 1. The molecule has 3 rings (SSSR count). The molecule has 2 N–H and O–H groups in total. The van der Waals surface area contributed by atoms with Crippen LogP contribution in [0.4, 0.5) is 5.69 Å². The summed E-state index contributed by atoms with van der Waals surface area (Å²) in [6, 6.07) is 7.94. The predicted octanol–water partition coefficient (Wildman–Crippen LogP) is 4.54.